The summed E-state index contributed by atoms with van der Waals surface area (Å²) in [5.74, 6) is 0. The van der Waals surface area contributed by atoms with Crippen LogP contribution in [0.2, 0.25) is 0 Å². The molecule has 0 aliphatic heterocycles. The topological polar surface area (TPSA) is 27.7 Å². The second-order valence-electron chi connectivity index (χ2n) is 2.43. The van der Waals surface area contributed by atoms with Crippen LogP contribution >= 0.6 is 0 Å². The molecule has 0 aromatic heterocycles. The van der Waals surface area contributed by atoms with E-state index < -0.39 is 24.9 Å². The second kappa shape index (κ2) is 4.84. The average molecular weight is 294 g/mol. The third-order valence-corrected chi connectivity index (χ3v) is 1.05. The van der Waals surface area contributed by atoms with Gasteiger partial charge < -0.3 is 4.74 Å². The molecule has 3 nitrogen and oxygen atoms in total. The Kier molecular flexibility index (Phi) is 4.52. The first kappa shape index (κ1) is 16.8. The standard InChI is InChI=1S/C6H3F9O3/c1-2-16-3(7,8)4(9,10)17-6(14,15)18-5(11,12)13/h2H,1H2. The van der Waals surface area contributed by atoms with Crippen molar-refractivity contribution >= 4 is 0 Å². The van der Waals surface area contributed by atoms with E-state index in [9.17, 15) is 39.5 Å². The zero-order chi connectivity index (χ0) is 14.8. The quantitative estimate of drug-likeness (QED) is 0.427. The molecule has 0 amide bonds. The van der Waals surface area contributed by atoms with Crippen molar-refractivity contribution in [2.75, 3.05) is 0 Å². The van der Waals surface area contributed by atoms with Crippen LogP contribution in [0.25, 0.3) is 0 Å². The Hall–Kier alpha value is -1.17. The van der Waals surface area contributed by atoms with E-state index in [1.807, 2.05) is 4.74 Å². The van der Waals surface area contributed by atoms with Crippen molar-refractivity contribution in [1.29, 1.82) is 0 Å². The van der Waals surface area contributed by atoms with Gasteiger partial charge in [-0.25, -0.2) is 4.74 Å². The molecule has 108 valence electrons. The van der Waals surface area contributed by atoms with Gasteiger partial charge in [-0.2, -0.15) is 22.3 Å². The summed E-state index contributed by atoms with van der Waals surface area (Å²) in [6, 6.07) is 0. The van der Waals surface area contributed by atoms with Crippen LogP contribution in [0, 0.1) is 0 Å². The Bertz CT molecular complexity index is 297. The van der Waals surface area contributed by atoms with E-state index in [0.717, 1.165) is 0 Å². The number of ether oxygens (including phenoxy) is 3. The first-order valence-electron chi connectivity index (χ1n) is 3.62. The lowest BCUT2D eigenvalue weighted by Gasteiger charge is -2.27. The zero-order valence-electron chi connectivity index (χ0n) is 7.91. The fourth-order valence-electron chi connectivity index (χ4n) is 0.537. The van der Waals surface area contributed by atoms with Crippen LogP contribution in [0.3, 0.4) is 0 Å². The van der Waals surface area contributed by atoms with Crippen molar-refractivity contribution in [3.05, 3.63) is 12.8 Å². The highest BCUT2D eigenvalue weighted by molar-refractivity contribution is 4.70. The van der Waals surface area contributed by atoms with E-state index in [2.05, 4.69) is 11.3 Å². The van der Waals surface area contributed by atoms with E-state index in [4.69, 9.17) is 0 Å². The fraction of sp³-hybridized carbons (Fsp3) is 0.667. The van der Waals surface area contributed by atoms with Crippen molar-refractivity contribution in [3.63, 3.8) is 0 Å². The van der Waals surface area contributed by atoms with Gasteiger partial charge in [0.05, 0.1) is 6.26 Å². The van der Waals surface area contributed by atoms with Crippen molar-refractivity contribution in [2.45, 2.75) is 24.9 Å². The van der Waals surface area contributed by atoms with Crippen LogP contribution in [0.5, 0.6) is 0 Å². The lowest BCUT2D eigenvalue weighted by Crippen LogP contribution is -2.49. The molecule has 0 aliphatic rings. The average Bonchev–Trinajstić information content (AvgIpc) is 1.94. The minimum absolute atomic E-state index is 0.250. The van der Waals surface area contributed by atoms with Crippen molar-refractivity contribution in [3.8, 4) is 0 Å². The summed E-state index contributed by atoms with van der Waals surface area (Å²) in [6.45, 7) is 2.43. The lowest BCUT2D eigenvalue weighted by atomic mass is 10.6. The molecule has 0 spiro atoms. The molecule has 0 atom stereocenters. The predicted molar refractivity (Wildman–Crippen MR) is 34.3 cm³/mol. The van der Waals surface area contributed by atoms with Crippen LogP contribution < -0.4 is 0 Å². The molecule has 0 aliphatic carbocycles. The summed E-state index contributed by atoms with van der Waals surface area (Å²) in [5.41, 5.74) is 0. The second-order valence-corrected chi connectivity index (χ2v) is 2.43. The first-order chi connectivity index (χ1) is 7.72. The fourth-order valence-corrected chi connectivity index (χ4v) is 0.537. The van der Waals surface area contributed by atoms with E-state index >= 15 is 0 Å². The third-order valence-electron chi connectivity index (χ3n) is 1.05. The van der Waals surface area contributed by atoms with Gasteiger partial charge in [0.2, 0.25) is 0 Å². The molecule has 12 heteroatoms. The minimum Gasteiger partial charge on any atom is -0.435 e. The van der Waals surface area contributed by atoms with Gasteiger partial charge >= 0.3 is 24.9 Å². The molecule has 0 saturated heterocycles. The van der Waals surface area contributed by atoms with E-state index in [0.29, 0.717) is 0 Å². The first-order valence-corrected chi connectivity index (χ1v) is 3.62. The highest BCUT2D eigenvalue weighted by Crippen LogP contribution is 2.42. The Morgan fingerprint density at radius 3 is 1.50 bits per heavy atom. The Morgan fingerprint density at radius 2 is 1.17 bits per heavy atom. The van der Waals surface area contributed by atoms with Gasteiger partial charge in [0.15, 0.2) is 0 Å². The number of rotatable bonds is 6. The summed E-state index contributed by atoms with van der Waals surface area (Å²) in [5, 5.41) is 0. The summed E-state index contributed by atoms with van der Waals surface area (Å²) in [6.07, 6.45) is -24.2. The molecule has 0 heterocycles. The van der Waals surface area contributed by atoms with Gasteiger partial charge in [0, 0.05) is 0 Å². The summed E-state index contributed by atoms with van der Waals surface area (Å²) < 4.78 is 114. The molecule has 0 aromatic carbocycles. The molecule has 0 unspecified atom stereocenters. The number of hydrogen-bond donors (Lipinski definition) is 0. The predicted octanol–water partition coefficient (Wildman–Crippen LogP) is 3.44. The van der Waals surface area contributed by atoms with Crippen molar-refractivity contribution < 1.29 is 53.7 Å². The number of hydrogen-bond acceptors (Lipinski definition) is 3. The molecule has 0 aromatic rings. The maximum absolute atomic E-state index is 12.4. The third kappa shape index (κ3) is 5.00. The van der Waals surface area contributed by atoms with E-state index in [1.165, 1.54) is 0 Å². The van der Waals surface area contributed by atoms with Gasteiger partial charge in [-0.05, 0) is 0 Å². The maximum Gasteiger partial charge on any atom is 0.529 e. The van der Waals surface area contributed by atoms with Gasteiger partial charge in [-0.1, -0.05) is 6.58 Å². The molecular weight excluding hydrogens is 291 g/mol. The van der Waals surface area contributed by atoms with Crippen molar-refractivity contribution in [2.24, 2.45) is 0 Å². The van der Waals surface area contributed by atoms with Crippen molar-refractivity contribution in [1.82, 2.24) is 0 Å². The van der Waals surface area contributed by atoms with Gasteiger partial charge in [-0.3, -0.25) is 0 Å². The summed E-state index contributed by atoms with van der Waals surface area (Å²) in [7, 11) is 0. The van der Waals surface area contributed by atoms with Gasteiger partial charge in [0.25, 0.3) is 0 Å². The summed E-state index contributed by atoms with van der Waals surface area (Å²) >= 11 is 0. The maximum atomic E-state index is 12.4. The molecule has 0 bridgehead atoms. The van der Waals surface area contributed by atoms with Crippen LogP contribution in [0.1, 0.15) is 0 Å². The smallest absolute Gasteiger partial charge is 0.435 e. The molecule has 0 saturated carbocycles. The van der Waals surface area contributed by atoms with E-state index in [1.54, 1.807) is 4.74 Å². The van der Waals surface area contributed by atoms with Gasteiger partial charge in [0.1, 0.15) is 0 Å². The van der Waals surface area contributed by atoms with E-state index in [-0.39, 0.29) is 6.26 Å². The Morgan fingerprint density at radius 1 is 0.722 bits per heavy atom. The van der Waals surface area contributed by atoms with Gasteiger partial charge in [-0.15, -0.1) is 22.0 Å². The molecule has 18 heavy (non-hydrogen) atoms. The normalized spacial score (nSPS) is 14.5. The van der Waals surface area contributed by atoms with Crippen LogP contribution in [0.4, 0.5) is 39.5 Å². The highest BCUT2D eigenvalue weighted by Gasteiger charge is 2.67. The summed E-state index contributed by atoms with van der Waals surface area (Å²) in [4.78, 5) is 0. The molecular formula is C6H3F9O3. The minimum atomic E-state index is -6.10. The van der Waals surface area contributed by atoms with Crippen LogP contribution in [-0.2, 0) is 14.2 Å². The molecule has 0 N–H and O–H groups in total. The monoisotopic (exact) mass is 294 g/mol. The highest BCUT2D eigenvalue weighted by atomic mass is 19.4. The Balaban J connectivity index is 4.90. The van der Waals surface area contributed by atoms with Crippen LogP contribution in [-0.4, -0.2) is 24.9 Å². The number of alkyl halides is 9. The molecule has 0 fully saturated rings. The molecule has 0 radical (unpaired) electrons. The zero-order valence-corrected chi connectivity index (χ0v) is 7.91. The SMILES string of the molecule is C=COC(F)(F)C(F)(F)OC(F)(F)OC(F)(F)F. The number of halogens is 9. The van der Waals surface area contributed by atoms with Crippen LogP contribution in [0.15, 0.2) is 12.8 Å². The Labute approximate surface area is 92.7 Å². The lowest BCUT2D eigenvalue weighted by molar-refractivity contribution is -0.562. The molecule has 0 rings (SSSR count). The largest absolute Gasteiger partial charge is 0.529 e.